The summed E-state index contributed by atoms with van der Waals surface area (Å²) in [5.41, 5.74) is -0.0489. The molecule has 1 unspecified atom stereocenters. The topological polar surface area (TPSA) is 93.8 Å². The highest BCUT2D eigenvalue weighted by molar-refractivity contribution is 5.92. The number of halogens is 2. The number of hydrogen-bond acceptors (Lipinski definition) is 6. The average molecular weight is 342 g/mol. The lowest BCUT2D eigenvalue weighted by atomic mass is 10.3. The van der Waals surface area contributed by atoms with Crippen molar-refractivity contribution in [3.05, 3.63) is 47.4 Å². The Kier molecular flexibility index (Phi) is 6.21. The molecule has 1 atom stereocenters. The van der Waals surface area contributed by atoms with E-state index in [-0.39, 0.29) is 31.2 Å². The molecule has 7 nitrogen and oxygen atoms in total. The van der Waals surface area contributed by atoms with E-state index in [1.165, 1.54) is 19.2 Å². The van der Waals surface area contributed by atoms with Crippen LogP contribution >= 0.6 is 0 Å². The Balaban J connectivity index is 1.90. The highest BCUT2D eigenvalue weighted by Crippen LogP contribution is 2.22. The van der Waals surface area contributed by atoms with Gasteiger partial charge >= 0.3 is 0 Å². The zero-order valence-electron chi connectivity index (χ0n) is 12.8. The molecule has 1 heterocycles. The van der Waals surface area contributed by atoms with Crippen LogP contribution < -0.4 is 10.1 Å². The molecule has 2 N–H and O–H groups in total. The summed E-state index contributed by atoms with van der Waals surface area (Å²) in [6.45, 7) is -0.247. The molecule has 1 amide bonds. The van der Waals surface area contributed by atoms with Gasteiger partial charge in [-0.25, -0.2) is 8.78 Å². The van der Waals surface area contributed by atoms with Crippen LogP contribution in [0.5, 0.6) is 5.75 Å². The van der Waals surface area contributed by atoms with E-state index in [1.54, 1.807) is 0 Å². The predicted octanol–water partition coefficient (Wildman–Crippen LogP) is 1.27. The zero-order valence-corrected chi connectivity index (χ0v) is 12.8. The summed E-state index contributed by atoms with van der Waals surface area (Å²) in [7, 11) is 1.42. The van der Waals surface area contributed by atoms with Crippen LogP contribution in [0, 0.1) is 11.6 Å². The van der Waals surface area contributed by atoms with Gasteiger partial charge in [0.15, 0.2) is 28.8 Å². The maximum Gasteiger partial charge on any atom is 0.273 e. The maximum absolute atomic E-state index is 13.4. The fraction of sp³-hybridized carbons (Fsp3) is 0.333. The third-order valence-electron chi connectivity index (χ3n) is 2.93. The van der Waals surface area contributed by atoms with E-state index in [2.05, 4.69) is 10.5 Å². The van der Waals surface area contributed by atoms with Crippen LogP contribution in [0.15, 0.2) is 28.8 Å². The number of methoxy groups -OCH3 is 1. The van der Waals surface area contributed by atoms with E-state index in [1.807, 2.05) is 0 Å². The molecule has 0 spiro atoms. The Bertz CT molecular complexity index is 672. The number of ether oxygens (including phenoxy) is 2. The molecule has 0 aliphatic heterocycles. The maximum atomic E-state index is 13.4. The summed E-state index contributed by atoms with van der Waals surface area (Å²) in [5, 5.41) is 15.4. The first-order chi connectivity index (χ1) is 11.5. The smallest absolute Gasteiger partial charge is 0.273 e. The highest BCUT2D eigenvalue weighted by Gasteiger charge is 2.16. The summed E-state index contributed by atoms with van der Waals surface area (Å²) in [4.78, 5) is 11.8. The molecule has 1 aromatic heterocycles. The van der Waals surface area contributed by atoms with Crippen LogP contribution in [-0.2, 0) is 11.3 Å². The van der Waals surface area contributed by atoms with E-state index < -0.39 is 29.4 Å². The molecule has 0 aliphatic rings. The van der Waals surface area contributed by atoms with Crippen LogP contribution in [0.3, 0.4) is 0 Å². The molecule has 24 heavy (non-hydrogen) atoms. The number of para-hydroxylation sites is 1. The second-order valence-electron chi connectivity index (χ2n) is 4.84. The fourth-order valence-corrected chi connectivity index (χ4v) is 1.80. The lowest BCUT2D eigenvalue weighted by Crippen LogP contribution is -2.34. The Morgan fingerprint density at radius 1 is 1.42 bits per heavy atom. The summed E-state index contributed by atoms with van der Waals surface area (Å²) in [6.07, 6.45) is -0.849. The van der Waals surface area contributed by atoms with Crippen LogP contribution in [0.4, 0.5) is 8.78 Å². The van der Waals surface area contributed by atoms with Gasteiger partial charge in [0.05, 0.1) is 12.7 Å². The van der Waals surface area contributed by atoms with Crippen molar-refractivity contribution in [3.8, 4) is 5.75 Å². The Hall–Kier alpha value is -2.52. The molecule has 0 saturated heterocycles. The van der Waals surface area contributed by atoms with Gasteiger partial charge in [-0.2, -0.15) is 0 Å². The van der Waals surface area contributed by atoms with Gasteiger partial charge in [0.1, 0.15) is 6.61 Å². The van der Waals surface area contributed by atoms with Gasteiger partial charge in [-0.15, -0.1) is 0 Å². The molecule has 0 fully saturated rings. The van der Waals surface area contributed by atoms with E-state index in [9.17, 15) is 18.7 Å². The van der Waals surface area contributed by atoms with Gasteiger partial charge < -0.3 is 24.4 Å². The number of aliphatic hydroxyl groups is 1. The number of carbonyl (C=O) groups is 1. The first kappa shape index (κ1) is 17.8. The number of nitrogens with zero attached hydrogens (tertiary/aromatic N) is 1. The van der Waals surface area contributed by atoms with Crippen LogP contribution in [0.2, 0.25) is 0 Å². The third-order valence-corrected chi connectivity index (χ3v) is 2.93. The number of nitrogens with one attached hydrogen (secondary N) is 1. The number of aliphatic hydroxyl groups excluding tert-OH is 1. The number of amides is 1. The summed E-state index contributed by atoms with van der Waals surface area (Å²) in [6, 6.07) is 4.61. The summed E-state index contributed by atoms with van der Waals surface area (Å²) >= 11 is 0. The van der Waals surface area contributed by atoms with Crippen LogP contribution in [0.25, 0.3) is 0 Å². The lowest BCUT2D eigenvalue weighted by molar-refractivity contribution is 0.0607. The van der Waals surface area contributed by atoms with E-state index in [0.29, 0.717) is 0 Å². The van der Waals surface area contributed by atoms with E-state index in [4.69, 9.17) is 14.0 Å². The van der Waals surface area contributed by atoms with Crippen LogP contribution in [-0.4, -0.2) is 42.5 Å². The molecule has 0 radical (unpaired) electrons. The fourth-order valence-electron chi connectivity index (χ4n) is 1.80. The molecule has 130 valence electrons. The van der Waals surface area contributed by atoms with Gasteiger partial charge in [0.25, 0.3) is 5.91 Å². The van der Waals surface area contributed by atoms with Crippen molar-refractivity contribution < 1.29 is 32.7 Å². The van der Waals surface area contributed by atoms with Gasteiger partial charge in [0, 0.05) is 19.7 Å². The van der Waals surface area contributed by atoms with Gasteiger partial charge in [-0.3, -0.25) is 4.79 Å². The number of hydrogen-bond donors (Lipinski definition) is 2. The minimum atomic E-state index is -0.849. The van der Waals surface area contributed by atoms with E-state index >= 15 is 0 Å². The normalized spacial score (nSPS) is 12.0. The largest absolute Gasteiger partial charge is 0.479 e. The molecule has 2 rings (SSSR count). The molecule has 0 aliphatic carbocycles. The zero-order chi connectivity index (χ0) is 17.5. The molecule has 2 aromatic rings. The van der Waals surface area contributed by atoms with Crippen molar-refractivity contribution in [1.29, 1.82) is 0 Å². The molecule has 0 saturated carbocycles. The quantitative estimate of drug-likeness (QED) is 0.750. The molecular formula is C15H16F2N2O5. The molecule has 0 bridgehead atoms. The standard InChI is InChI=1S/C15H16F2N2O5/c1-22-7-9(20)6-18-15(21)13-5-10(24-19-13)8-23-14-11(16)3-2-4-12(14)17/h2-5,9,20H,6-8H2,1H3,(H,18,21). The second kappa shape index (κ2) is 8.37. The highest BCUT2D eigenvalue weighted by atomic mass is 19.1. The van der Waals surface area contributed by atoms with Crippen molar-refractivity contribution in [2.24, 2.45) is 0 Å². The average Bonchev–Trinajstić information content (AvgIpc) is 3.01. The molecular weight excluding hydrogens is 326 g/mol. The van der Waals surface area contributed by atoms with Gasteiger partial charge in [0.2, 0.25) is 0 Å². The van der Waals surface area contributed by atoms with Crippen molar-refractivity contribution in [2.45, 2.75) is 12.7 Å². The third kappa shape index (κ3) is 4.74. The summed E-state index contributed by atoms with van der Waals surface area (Å²) in [5.74, 6) is -2.70. The minimum Gasteiger partial charge on any atom is -0.479 e. The van der Waals surface area contributed by atoms with E-state index in [0.717, 1.165) is 12.1 Å². The predicted molar refractivity (Wildman–Crippen MR) is 77.4 cm³/mol. The lowest BCUT2D eigenvalue weighted by Gasteiger charge is -2.09. The Morgan fingerprint density at radius 3 is 2.79 bits per heavy atom. The first-order valence-corrected chi connectivity index (χ1v) is 6.99. The Labute approximate surface area is 136 Å². The first-order valence-electron chi connectivity index (χ1n) is 6.99. The van der Waals surface area contributed by atoms with Crippen molar-refractivity contribution in [2.75, 3.05) is 20.3 Å². The number of aromatic nitrogens is 1. The van der Waals surface area contributed by atoms with Crippen LogP contribution in [0.1, 0.15) is 16.2 Å². The minimum absolute atomic E-state index is 0.0220. The van der Waals surface area contributed by atoms with Crippen molar-refractivity contribution in [3.63, 3.8) is 0 Å². The number of rotatable bonds is 8. The SMILES string of the molecule is COCC(O)CNC(=O)c1cc(COc2c(F)cccc2F)on1. The molecule has 9 heteroatoms. The Morgan fingerprint density at radius 2 is 2.12 bits per heavy atom. The van der Waals surface area contributed by atoms with Gasteiger partial charge in [-0.1, -0.05) is 11.2 Å². The molecule has 1 aromatic carbocycles. The van der Waals surface area contributed by atoms with Crippen molar-refractivity contribution in [1.82, 2.24) is 10.5 Å². The second-order valence-corrected chi connectivity index (χ2v) is 4.84. The number of carbonyl (C=O) groups excluding carboxylic acids is 1. The number of benzene rings is 1. The monoisotopic (exact) mass is 342 g/mol. The van der Waals surface area contributed by atoms with Crippen molar-refractivity contribution >= 4 is 5.91 Å². The summed E-state index contributed by atoms with van der Waals surface area (Å²) < 4.78 is 41.4. The van der Waals surface area contributed by atoms with Gasteiger partial charge in [-0.05, 0) is 12.1 Å².